The number of nitrogens with one attached hydrogen (secondary N) is 1. The highest BCUT2D eigenvalue weighted by molar-refractivity contribution is 5.33. The standard InChI is InChI=1S/C18H27N/c1-17(2)11-6-3-4-9-15-19-16-10-14-18-12-7-5-8-13-18/h5,7-8,12-13,17,19H,3-4,6,9,11,15-16H2,1-2H3. The second-order valence-corrected chi connectivity index (χ2v) is 5.44. The third kappa shape index (κ3) is 9.33. The summed E-state index contributed by atoms with van der Waals surface area (Å²) < 4.78 is 0. The van der Waals surface area contributed by atoms with Crippen molar-refractivity contribution in [2.24, 2.45) is 5.92 Å². The molecule has 1 nitrogen and oxygen atoms in total. The van der Waals surface area contributed by atoms with Crippen molar-refractivity contribution >= 4 is 0 Å². The number of unbranched alkanes of at least 4 members (excludes halogenated alkanes) is 3. The molecule has 0 amide bonds. The molecule has 0 saturated heterocycles. The Morgan fingerprint density at radius 3 is 2.47 bits per heavy atom. The van der Waals surface area contributed by atoms with Crippen molar-refractivity contribution in [3.63, 3.8) is 0 Å². The van der Waals surface area contributed by atoms with Crippen LogP contribution in [0.5, 0.6) is 0 Å². The maximum absolute atomic E-state index is 3.38. The van der Waals surface area contributed by atoms with Crippen molar-refractivity contribution in [3.8, 4) is 11.8 Å². The van der Waals surface area contributed by atoms with Crippen LogP contribution in [0.25, 0.3) is 0 Å². The normalized spacial score (nSPS) is 10.3. The Balaban J connectivity index is 1.93. The van der Waals surface area contributed by atoms with E-state index < -0.39 is 0 Å². The fourth-order valence-corrected chi connectivity index (χ4v) is 1.97. The molecule has 19 heavy (non-hydrogen) atoms. The maximum atomic E-state index is 3.38. The van der Waals surface area contributed by atoms with Gasteiger partial charge in [0.15, 0.2) is 0 Å². The van der Waals surface area contributed by atoms with Crippen molar-refractivity contribution in [1.29, 1.82) is 0 Å². The van der Waals surface area contributed by atoms with Crippen LogP contribution in [0.4, 0.5) is 0 Å². The highest BCUT2D eigenvalue weighted by atomic mass is 14.8. The van der Waals surface area contributed by atoms with Gasteiger partial charge in [0.2, 0.25) is 0 Å². The lowest BCUT2D eigenvalue weighted by molar-refractivity contribution is 0.515. The molecule has 1 N–H and O–H groups in total. The minimum Gasteiger partial charge on any atom is -0.306 e. The molecule has 0 spiro atoms. The van der Waals surface area contributed by atoms with Crippen molar-refractivity contribution in [2.45, 2.75) is 46.0 Å². The van der Waals surface area contributed by atoms with Gasteiger partial charge in [-0.2, -0.15) is 0 Å². The summed E-state index contributed by atoms with van der Waals surface area (Å²) in [6.45, 7) is 6.48. The summed E-state index contributed by atoms with van der Waals surface area (Å²) in [5, 5.41) is 3.38. The van der Waals surface area contributed by atoms with E-state index >= 15 is 0 Å². The molecule has 0 aliphatic carbocycles. The number of hydrogen-bond acceptors (Lipinski definition) is 1. The van der Waals surface area contributed by atoms with Crippen LogP contribution in [0.3, 0.4) is 0 Å². The SMILES string of the molecule is CC(C)CCCCCCNCC#Cc1ccccc1. The number of hydrogen-bond donors (Lipinski definition) is 1. The molecule has 1 rings (SSSR count). The van der Waals surface area contributed by atoms with Crippen LogP contribution in [0.1, 0.15) is 51.5 Å². The Labute approximate surface area is 118 Å². The molecule has 0 fully saturated rings. The average Bonchev–Trinajstić information content (AvgIpc) is 2.42. The lowest BCUT2D eigenvalue weighted by Crippen LogP contribution is -2.15. The van der Waals surface area contributed by atoms with Gasteiger partial charge in [0, 0.05) is 5.56 Å². The molecule has 104 valence electrons. The van der Waals surface area contributed by atoms with E-state index in [4.69, 9.17) is 0 Å². The van der Waals surface area contributed by atoms with Gasteiger partial charge in [-0.25, -0.2) is 0 Å². The first-order valence-corrected chi connectivity index (χ1v) is 7.53. The molecule has 0 aliphatic rings. The van der Waals surface area contributed by atoms with E-state index in [1.807, 2.05) is 30.3 Å². The van der Waals surface area contributed by atoms with Crippen molar-refractivity contribution in [1.82, 2.24) is 5.32 Å². The van der Waals surface area contributed by atoms with Crippen LogP contribution in [-0.2, 0) is 0 Å². The van der Waals surface area contributed by atoms with Crippen molar-refractivity contribution in [2.75, 3.05) is 13.1 Å². The molecule has 0 heterocycles. The first kappa shape index (κ1) is 15.8. The quantitative estimate of drug-likeness (QED) is 0.543. The van der Waals surface area contributed by atoms with E-state index in [-0.39, 0.29) is 0 Å². The molecule has 0 bridgehead atoms. The Morgan fingerprint density at radius 2 is 1.74 bits per heavy atom. The molecule has 1 aromatic rings. The molecular formula is C18H27N. The van der Waals surface area contributed by atoms with Gasteiger partial charge in [0.1, 0.15) is 0 Å². The van der Waals surface area contributed by atoms with Gasteiger partial charge in [0.25, 0.3) is 0 Å². The fraction of sp³-hybridized carbons (Fsp3) is 0.556. The van der Waals surface area contributed by atoms with Crippen molar-refractivity contribution in [3.05, 3.63) is 35.9 Å². The van der Waals surface area contributed by atoms with Gasteiger partial charge < -0.3 is 5.32 Å². The van der Waals surface area contributed by atoms with Gasteiger partial charge in [-0.3, -0.25) is 0 Å². The summed E-state index contributed by atoms with van der Waals surface area (Å²) >= 11 is 0. The molecule has 1 aromatic carbocycles. The maximum Gasteiger partial charge on any atom is 0.0580 e. The third-order valence-corrected chi connectivity index (χ3v) is 3.10. The zero-order valence-electron chi connectivity index (χ0n) is 12.4. The predicted molar refractivity (Wildman–Crippen MR) is 84.1 cm³/mol. The summed E-state index contributed by atoms with van der Waals surface area (Å²) in [6.07, 6.45) is 6.73. The fourth-order valence-electron chi connectivity index (χ4n) is 1.97. The highest BCUT2D eigenvalue weighted by Crippen LogP contribution is 2.08. The summed E-state index contributed by atoms with van der Waals surface area (Å²) in [5.74, 6) is 7.17. The van der Waals surface area contributed by atoms with Gasteiger partial charge in [0.05, 0.1) is 6.54 Å². The molecular weight excluding hydrogens is 230 g/mol. The van der Waals surface area contributed by atoms with Gasteiger partial charge >= 0.3 is 0 Å². The zero-order valence-corrected chi connectivity index (χ0v) is 12.4. The van der Waals surface area contributed by atoms with Crippen LogP contribution in [0.2, 0.25) is 0 Å². The Hall–Kier alpha value is -1.26. The van der Waals surface area contributed by atoms with Crippen LogP contribution in [0.15, 0.2) is 30.3 Å². The minimum absolute atomic E-state index is 0.793. The number of benzene rings is 1. The molecule has 0 saturated carbocycles. The van der Waals surface area contributed by atoms with E-state index in [9.17, 15) is 0 Å². The smallest absolute Gasteiger partial charge is 0.0580 e. The predicted octanol–water partition coefficient (Wildman–Crippen LogP) is 4.23. The largest absolute Gasteiger partial charge is 0.306 e. The Morgan fingerprint density at radius 1 is 1.00 bits per heavy atom. The minimum atomic E-state index is 0.793. The second-order valence-electron chi connectivity index (χ2n) is 5.44. The second kappa shape index (κ2) is 10.6. The van der Waals surface area contributed by atoms with E-state index in [0.29, 0.717) is 0 Å². The monoisotopic (exact) mass is 257 g/mol. The van der Waals surface area contributed by atoms with E-state index in [1.165, 1.54) is 32.1 Å². The van der Waals surface area contributed by atoms with E-state index in [0.717, 1.165) is 24.6 Å². The lowest BCUT2D eigenvalue weighted by atomic mass is 10.0. The molecule has 1 heteroatoms. The summed E-state index contributed by atoms with van der Waals surface area (Å²) in [6, 6.07) is 10.1. The summed E-state index contributed by atoms with van der Waals surface area (Å²) in [7, 11) is 0. The van der Waals surface area contributed by atoms with E-state index in [1.54, 1.807) is 0 Å². The first-order valence-electron chi connectivity index (χ1n) is 7.53. The topological polar surface area (TPSA) is 12.0 Å². The molecule has 0 atom stereocenters. The molecule has 0 radical (unpaired) electrons. The Kier molecular flexibility index (Phi) is 8.85. The number of rotatable bonds is 8. The zero-order chi connectivity index (χ0) is 13.8. The summed E-state index contributed by atoms with van der Waals surface area (Å²) in [4.78, 5) is 0. The van der Waals surface area contributed by atoms with Crippen LogP contribution in [-0.4, -0.2) is 13.1 Å². The molecule has 0 unspecified atom stereocenters. The molecule has 0 aliphatic heterocycles. The summed E-state index contributed by atoms with van der Waals surface area (Å²) in [5.41, 5.74) is 1.10. The molecule has 0 aromatic heterocycles. The average molecular weight is 257 g/mol. The lowest BCUT2D eigenvalue weighted by Gasteiger charge is -2.04. The van der Waals surface area contributed by atoms with E-state index in [2.05, 4.69) is 31.0 Å². The highest BCUT2D eigenvalue weighted by Gasteiger charge is 1.94. The third-order valence-electron chi connectivity index (χ3n) is 3.10. The van der Waals surface area contributed by atoms with Gasteiger partial charge in [-0.15, -0.1) is 0 Å². The van der Waals surface area contributed by atoms with Crippen LogP contribution < -0.4 is 5.32 Å². The van der Waals surface area contributed by atoms with Crippen LogP contribution in [0, 0.1) is 17.8 Å². The van der Waals surface area contributed by atoms with Gasteiger partial charge in [-0.1, -0.05) is 69.6 Å². The van der Waals surface area contributed by atoms with Crippen molar-refractivity contribution < 1.29 is 0 Å². The van der Waals surface area contributed by atoms with Gasteiger partial charge in [-0.05, 0) is 31.0 Å². The van der Waals surface area contributed by atoms with Crippen LogP contribution >= 0.6 is 0 Å². The Bertz CT molecular complexity index is 370. The first-order chi connectivity index (χ1) is 9.29.